The number of rotatable bonds is 4. The van der Waals surface area contributed by atoms with Crippen LogP contribution < -0.4 is 10.5 Å². The molecule has 0 fully saturated rings. The molecule has 0 aliphatic heterocycles. The van der Waals surface area contributed by atoms with Gasteiger partial charge in [-0.1, -0.05) is 18.2 Å². The van der Waals surface area contributed by atoms with Crippen LogP contribution in [0.15, 0.2) is 48.5 Å². The minimum absolute atomic E-state index is 0.0101. The molecule has 2 aromatic carbocycles. The van der Waals surface area contributed by atoms with E-state index in [4.69, 9.17) is 10.5 Å². The van der Waals surface area contributed by atoms with Gasteiger partial charge in [-0.2, -0.15) is 0 Å². The molecule has 0 heterocycles. The number of benzene rings is 2. The van der Waals surface area contributed by atoms with E-state index < -0.39 is 4.92 Å². The minimum atomic E-state index is -0.453. The maximum absolute atomic E-state index is 10.7. The lowest BCUT2D eigenvalue weighted by Gasteiger charge is -2.08. The molecule has 0 amide bonds. The average molecular weight is 244 g/mol. The first kappa shape index (κ1) is 11.9. The van der Waals surface area contributed by atoms with E-state index >= 15 is 0 Å². The Hall–Kier alpha value is -2.56. The van der Waals surface area contributed by atoms with Crippen LogP contribution >= 0.6 is 0 Å². The van der Waals surface area contributed by atoms with E-state index in [0.29, 0.717) is 17.0 Å². The molecular formula is C13H12N2O3. The van der Waals surface area contributed by atoms with Gasteiger partial charge in [0.2, 0.25) is 0 Å². The summed E-state index contributed by atoms with van der Waals surface area (Å²) < 4.78 is 5.51. The largest absolute Gasteiger partial charge is 0.489 e. The maximum Gasteiger partial charge on any atom is 0.269 e. The second kappa shape index (κ2) is 5.18. The van der Waals surface area contributed by atoms with Crippen molar-refractivity contribution in [1.82, 2.24) is 0 Å². The van der Waals surface area contributed by atoms with E-state index in [0.717, 1.165) is 0 Å². The van der Waals surface area contributed by atoms with Gasteiger partial charge in [-0.25, -0.2) is 0 Å². The van der Waals surface area contributed by atoms with Crippen molar-refractivity contribution in [1.29, 1.82) is 0 Å². The summed E-state index contributed by atoms with van der Waals surface area (Å²) in [5.74, 6) is 0.698. The average Bonchev–Trinajstić information content (AvgIpc) is 2.38. The number of hydrogen-bond donors (Lipinski definition) is 1. The van der Waals surface area contributed by atoms with Crippen LogP contribution in [0.2, 0.25) is 0 Å². The van der Waals surface area contributed by atoms with Crippen LogP contribution in [0.5, 0.6) is 5.75 Å². The van der Waals surface area contributed by atoms with Gasteiger partial charge in [0, 0.05) is 23.4 Å². The second-order valence-electron chi connectivity index (χ2n) is 3.74. The van der Waals surface area contributed by atoms with Gasteiger partial charge in [0.15, 0.2) is 0 Å². The molecule has 2 rings (SSSR count). The summed E-state index contributed by atoms with van der Waals surface area (Å²) in [7, 11) is 0. The van der Waals surface area contributed by atoms with Gasteiger partial charge < -0.3 is 10.5 Å². The molecule has 0 spiro atoms. The first-order valence-corrected chi connectivity index (χ1v) is 5.37. The summed E-state index contributed by atoms with van der Waals surface area (Å²) in [6, 6.07) is 13.5. The number of anilines is 1. The smallest absolute Gasteiger partial charge is 0.269 e. The number of ether oxygens (including phenoxy) is 1. The van der Waals surface area contributed by atoms with E-state index in [1.807, 2.05) is 30.3 Å². The molecule has 0 aromatic heterocycles. The van der Waals surface area contributed by atoms with Crippen molar-refractivity contribution in [2.75, 3.05) is 5.73 Å². The molecule has 0 atom stereocenters. The molecule has 0 radical (unpaired) electrons. The summed E-state index contributed by atoms with van der Waals surface area (Å²) in [4.78, 5) is 10.2. The summed E-state index contributed by atoms with van der Waals surface area (Å²) in [6.45, 7) is 0.206. The lowest BCUT2D eigenvalue weighted by molar-refractivity contribution is -0.384. The Labute approximate surface area is 104 Å². The zero-order valence-corrected chi connectivity index (χ0v) is 9.58. The highest BCUT2D eigenvalue weighted by Gasteiger charge is 2.09. The molecule has 0 aliphatic rings. The van der Waals surface area contributed by atoms with E-state index in [1.54, 1.807) is 0 Å². The van der Waals surface area contributed by atoms with Crippen LogP contribution in [0, 0.1) is 10.1 Å². The first-order chi connectivity index (χ1) is 8.66. The van der Waals surface area contributed by atoms with Crippen LogP contribution in [0.3, 0.4) is 0 Å². The van der Waals surface area contributed by atoms with Gasteiger partial charge >= 0.3 is 0 Å². The monoisotopic (exact) mass is 244 g/mol. The Morgan fingerprint density at radius 1 is 1.17 bits per heavy atom. The lowest BCUT2D eigenvalue weighted by Crippen LogP contribution is -2.01. The Balaban J connectivity index is 2.14. The fourth-order valence-corrected chi connectivity index (χ4v) is 1.51. The maximum atomic E-state index is 10.7. The summed E-state index contributed by atoms with van der Waals surface area (Å²) in [6.07, 6.45) is 0. The van der Waals surface area contributed by atoms with Crippen molar-refractivity contribution in [3.63, 3.8) is 0 Å². The van der Waals surface area contributed by atoms with Crippen molar-refractivity contribution >= 4 is 11.4 Å². The fourth-order valence-electron chi connectivity index (χ4n) is 1.51. The molecule has 0 unspecified atom stereocenters. The topological polar surface area (TPSA) is 78.4 Å². The van der Waals surface area contributed by atoms with E-state index in [2.05, 4.69) is 0 Å². The number of nitrogen functional groups attached to an aromatic ring is 1. The summed E-state index contributed by atoms with van der Waals surface area (Å²) in [5.41, 5.74) is 6.85. The summed E-state index contributed by atoms with van der Waals surface area (Å²) >= 11 is 0. The number of nitrogens with zero attached hydrogens (tertiary/aromatic N) is 1. The van der Waals surface area contributed by atoms with Gasteiger partial charge in [-0.05, 0) is 18.2 Å². The van der Waals surface area contributed by atoms with Crippen LogP contribution in [0.1, 0.15) is 5.56 Å². The number of nitrogens with two attached hydrogens (primary N) is 1. The molecule has 2 aromatic rings. The van der Waals surface area contributed by atoms with Crippen LogP contribution in [-0.2, 0) is 6.61 Å². The van der Waals surface area contributed by atoms with Crippen LogP contribution in [0.25, 0.3) is 0 Å². The number of para-hydroxylation sites is 1. The van der Waals surface area contributed by atoms with E-state index in [-0.39, 0.29) is 12.3 Å². The molecular weight excluding hydrogens is 232 g/mol. The minimum Gasteiger partial charge on any atom is -0.489 e. The van der Waals surface area contributed by atoms with Crippen molar-refractivity contribution in [3.8, 4) is 5.75 Å². The quantitative estimate of drug-likeness (QED) is 0.509. The van der Waals surface area contributed by atoms with Crippen molar-refractivity contribution in [2.45, 2.75) is 6.61 Å². The summed E-state index contributed by atoms with van der Waals surface area (Å²) in [5, 5.41) is 10.7. The van der Waals surface area contributed by atoms with Crippen molar-refractivity contribution in [3.05, 3.63) is 64.2 Å². The normalized spacial score (nSPS) is 10.0. The standard InChI is InChI=1S/C13H12N2O3/c14-13-7-6-11(15(16)17)8-10(13)9-18-12-4-2-1-3-5-12/h1-8H,9,14H2. The molecule has 18 heavy (non-hydrogen) atoms. The third-order valence-electron chi connectivity index (χ3n) is 2.47. The number of nitro benzene ring substituents is 1. The molecule has 0 saturated heterocycles. The highest BCUT2D eigenvalue weighted by molar-refractivity contribution is 5.52. The zero-order chi connectivity index (χ0) is 13.0. The van der Waals surface area contributed by atoms with Gasteiger partial charge in [0.05, 0.1) is 4.92 Å². The second-order valence-corrected chi connectivity index (χ2v) is 3.74. The Bertz CT molecular complexity index is 555. The predicted molar refractivity (Wildman–Crippen MR) is 68.3 cm³/mol. The van der Waals surface area contributed by atoms with Gasteiger partial charge in [0.25, 0.3) is 5.69 Å². The van der Waals surface area contributed by atoms with Gasteiger partial charge in [0.1, 0.15) is 12.4 Å². The Morgan fingerprint density at radius 3 is 2.56 bits per heavy atom. The molecule has 0 aliphatic carbocycles. The number of non-ortho nitro benzene ring substituents is 1. The third-order valence-corrected chi connectivity index (χ3v) is 2.47. The highest BCUT2D eigenvalue weighted by atomic mass is 16.6. The molecule has 2 N–H and O–H groups in total. The molecule has 0 bridgehead atoms. The van der Waals surface area contributed by atoms with Gasteiger partial charge in [-0.3, -0.25) is 10.1 Å². The van der Waals surface area contributed by atoms with Crippen LogP contribution in [0.4, 0.5) is 11.4 Å². The van der Waals surface area contributed by atoms with Gasteiger partial charge in [-0.15, -0.1) is 0 Å². The van der Waals surface area contributed by atoms with E-state index in [1.165, 1.54) is 18.2 Å². The third kappa shape index (κ3) is 2.76. The van der Waals surface area contributed by atoms with Crippen molar-refractivity contribution in [2.24, 2.45) is 0 Å². The fraction of sp³-hybridized carbons (Fsp3) is 0.0769. The number of hydrogen-bond acceptors (Lipinski definition) is 4. The Morgan fingerprint density at radius 2 is 1.89 bits per heavy atom. The zero-order valence-electron chi connectivity index (χ0n) is 9.58. The molecule has 5 nitrogen and oxygen atoms in total. The molecule has 0 saturated carbocycles. The first-order valence-electron chi connectivity index (χ1n) is 5.37. The van der Waals surface area contributed by atoms with E-state index in [9.17, 15) is 10.1 Å². The SMILES string of the molecule is Nc1ccc([N+](=O)[O-])cc1COc1ccccc1. The highest BCUT2D eigenvalue weighted by Crippen LogP contribution is 2.21. The Kier molecular flexibility index (Phi) is 3.43. The molecule has 92 valence electrons. The lowest BCUT2D eigenvalue weighted by atomic mass is 10.1. The predicted octanol–water partition coefficient (Wildman–Crippen LogP) is 2.76. The molecule has 5 heteroatoms. The number of nitro groups is 1. The van der Waals surface area contributed by atoms with Crippen LogP contribution in [-0.4, -0.2) is 4.92 Å². The van der Waals surface area contributed by atoms with Crippen molar-refractivity contribution < 1.29 is 9.66 Å².